The first kappa shape index (κ1) is 13.3. The molecule has 20 heavy (non-hydrogen) atoms. The van der Waals surface area contributed by atoms with Crippen LogP contribution >= 0.6 is 11.6 Å². The van der Waals surface area contributed by atoms with E-state index < -0.39 is 0 Å². The van der Waals surface area contributed by atoms with Gasteiger partial charge in [-0.1, -0.05) is 11.6 Å². The molecule has 1 aliphatic rings. The monoisotopic (exact) mass is 290 g/mol. The number of nitrogens with zero attached hydrogens (tertiary/aromatic N) is 2. The van der Waals surface area contributed by atoms with Gasteiger partial charge in [0, 0.05) is 34.7 Å². The van der Waals surface area contributed by atoms with Gasteiger partial charge in [-0.25, -0.2) is 0 Å². The van der Waals surface area contributed by atoms with E-state index in [1.807, 2.05) is 18.2 Å². The molecule has 1 fully saturated rings. The zero-order chi connectivity index (χ0) is 13.9. The summed E-state index contributed by atoms with van der Waals surface area (Å²) >= 11 is 5.99. The van der Waals surface area contributed by atoms with Crippen LogP contribution < -0.4 is 11.1 Å². The third-order valence-corrected chi connectivity index (χ3v) is 4.05. The summed E-state index contributed by atoms with van der Waals surface area (Å²) in [5.74, 6) is 0.564. The predicted molar refractivity (Wildman–Crippen MR) is 84.2 cm³/mol. The second kappa shape index (κ2) is 5.75. The van der Waals surface area contributed by atoms with Gasteiger partial charge in [0.1, 0.15) is 0 Å². The topological polar surface area (TPSA) is 55.3 Å². The van der Waals surface area contributed by atoms with Crippen molar-refractivity contribution in [3.63, 3.8) is 0 Å². The molecule has 106 valence electrons. The zero-order valence-corrected chi connectivity index (χ0v) is 12.1. The van der Waals surface area contributed by atoms with Crippen LogP contribution in [0.3, 0.4) is 0 Å². The van der Waals surface area contributed by atoms with Crippen molar-refractivity contribution in [2.45, 2.75) is 31.8 Å². The van der Waals surface area contributed by atoms with Crippen LogP contribution in [0.15, 0.2) is 35.5 Å². The number of benzene rings is 1. The maximum atomic E-state index is 5.99. The van der Waals surface area contributed by atoms with Gasteiger partial charge in [0.05, 0.1) is 6.54 Å². The summed E-state index contributed by atoms with van der Waals surface area (Å²) in [6.07, 6.45) is 5.77. The average Bonchev–Trinajstić information content (AvgIpc) is 2.76. The number of hydrogen-bond donors (Lipinski definition) is 2. The molecule has 2 aromatic rings. The SMILES string of the molecule is NC(=NCCn1ccc2cc(Cl)ccc21)NC1CCC1. The highest BCUT2D eigenvalue weighted by Gasteiger charge is 2.16. The molecule has 3 N–H and O–H groups in total. The molecular weight excluding hydrogens is 272 g/mol. The van der Waals surface area contributed by atoms with Crippen LogP contribution in [-0.2, 0) is 6.54 Å². The van der Waals surface area contributed by atoms with Crippen molar-refractivity contribution in [2.24, 2.45) is 10.7 Å². The van der Waals surface area contributed by atoms with Gasteiger partial charge in [-0.05, 0) is 43.5 Å². The Morgan fingerprint density at radius 1 is 1.40 bits per heavy atom. The van der Waals surface area contributed by atoms with Crippen LogP contribution in [0.2, 0.25) is 5.02 Å². The third-order valence-electron chi connectivity index (χ3n) is 3.81. The molecule has 1 aromatic heterocycles. The van der Waals surface area contributed by atoms with E-state index in [9.17, 15) is 0 Å². The van der Waals surface area contributed by atoms with Crippen LogP contribution in [0.5, 0.6) is 0 Å². The molecule has 0 atom stereocenters. The van der Waals surface area contributed by atoms with Gasteiger partial charge < -0.3 is 15.6 Å². The summed E-state index contributed by atoms with van der Waals surface area (Å²) in [7, 11) is 0. The first-order valence-corrected chi connectivity index (χ1v) is 7.41. The minimum Gasteiger partial charge on any atom is -0.370 e. The highest BCUT2D eigenvalue weighted by Crippen LogP contribution is 2.20. The summed E-state index contributed by atoms with van der Waals surface area (Å²) in [5, 5.41) is 5.16. The highest BCUT2D eigenvalue weighted by atomic mass is 35.5. The maximum absolute atomic E-state index is 5.99. The second-order valence-electron chi connectivity index (χ2n) is 5.25. The summed E-state index contributed by atoms with van der Waals surface area (Å²) < 4.78 is 2.17. The lowest BCUT2D eigenvalue weighted by atomic mass is 9.93. The summed E-state index contributed by atoms with van der Waals surface area (Å²) in [6.45, 7) is 1.50. The number of aromatic nitrogens is 1. The standard InChI is InChI=1S/C15H19ClN4/c16-12-4-5-14-11(10-12)6-8-20(14)9-7-18-15(17)19-13-2-1-3-13/h4-6,8,10,13H,1-3,7,9H2,(H3,17,18,19). The number of fused-ring (bicyclic) bond motifs is 1. The van der Waals surface area contributed by atoms with Gasteiger partial charge >= 0.3 is 0 Å². The lowest BCUT2D eigenvalue weighted by molar-refractivity contribution is 0.382. The van der Waals surface area contributed by atoms with Crippen LogP contribution in [-0.4, -0.2) is 23.1 Å². The first-order chi connectivity index (χ1) is 9.72. The van der Waals surface area contributed by atoms with Crippen LogP contribution in [0.25, 0.3) is 10.9 Å². The number of aliphatic imine (C=N–C) groups is 1. The van der Waals surface area contributed by atoms with Gasteiger partial charge in [-0.2, -0.15) is 0 Å². The quantitative estimate of drug-likeness (QED) is 0.672. The molecule has 0 aliphatic heterocycles. The molecule has 5 heteroatoms. The number of guanidine groups is 1. The van der Waals surface area contributed by atoms with Crippen LogP contribution in [0, 0.1) is 0 Å². The number of halogens is 1. The Morgan fingerprint density at radius 2 is 2.25 bits per heavy atom. The summed E-state index contributed by atoms with van der Waals surface area (Å²) in [4.78, 5) is 4.38. The van der Waals surface area contributed by atoms with Crippen molar-refractivity contribution in [3.8, 4) is 0 Å². The van der Waals surface area contributed by atoms with Crippen LogP contribution in [0.1, 0.15) is 19.3 Å². The first-order valence-electron chi connectivity index (χ1n) is 7.03. The van der Waals surface area contributed by atoms with E-state index in [-0.39, 0.29) is 0 Å². The molecule has 0 bridgehead atoms. The normalized spacial score (nSPS) is 16.4. The molecule has 0 amide bonds. The number of nitrogens with two attached hydrogens (primary N) is 1. The highest BCUT2D eigenvalue weighted by molar-refractivity contribution is 6.31. The Hall–Kier alpha value is -1.68. The molecule has 0 unspecified atom stereocenters. The Bertz CT molecular complexity index is 628. The van der Waals surface area contributed by atoms with Crippen molar-refractivity contribution in [1.29, 1.82) is 0 Å². The van der Waals surface area contributed by atoms with Crippen molar-refractivity contribution in [3.05, 3.63) is 35.5 Å². The van der Waals surface area contributed by atoms with Crippen molar-refractivity contribution >= 4 is 28.5 Å². The molecular formula is C15H19ClN4. The lowest BCUT2D eigenvalue weighted by Gasteiger charge is -2.26. The van der Waals surface area contributed by atoms with E-state index in [4.69, 9.17) is 17.3 Å². The Labute approximate surface area is 123 Å². The molecule has 0 radical (unpaired) electrons. The molecule has 3 rings (SSSR count). The van der Waals surface area contributed by atoms with Gasteiger partial charge in [0.15, 0.2) is 5.96 Å². The molecule has 1 aromatic carbocycles. The minimum absolute atomic E-state index is 0.535. The second-order valence-corrected chi connectivity index (χ2v) is 5.69. The van der Waals surface area contributed by atoms with Crippen molar-refractivity contribution in [2.75, 3.05) is 6.54 Å². The Kier molecular flexibility index (Phi) is 3.83. The van der Waals surface area contributed by atoms with Crippen molar-refractivity contribution < 1.29 is 0 Å². The van der Waals surface area contributed by atoms with Gasteiger partial charge in [0.2, 0.25) is 0 Å². The summed E-state index contributed by atoms with van der Waals surface area (Å²) in [5.41, 5.74) is 7.04. The van der Waals surface area contributed by atoms with E-state index in [0.717, 1.165) is 17.0 Å². The minimum atomic E-state index is 0.535. The van der Waals surface area contributed by atoms with Crippen LogP contribution in [0.4, 0.5) is 0 Å². The average molecular weight is 291 g/mol. The predicted octanol–water partition coefficient (Wildman–Crippen LogP) is 2.75. The van der Waals surface area contributed by atoms with E-state index in [0.29, 0.717) is 18.5 Å². The third kappa shape index (κ3) is 2.90. The molecule has 0 saturated heterocycles. The van der Waals surface area contributed by atoms with E-state index >= 15 is 0 Å². The lowest BCUT2D eigenvalue weighted by Crippen LogP contribution is -2.43. The molecule has 0 spiro atoms. The smallest absolute Gasteiger partial charge is 0.188 e. The fourth-order valence-corrected chi connectivity index (χ4v) is 2.63. The Morgan fingerprint density at radius 3 is 3.00 bits per heavy atom. The van der Waals surface area contributed by atoms with E-state index in [2.05, 4.69) is 27.1 Å². The molecule has 1 heterocycles. The molecule has 1 saturated carbocycles. The maximum Gasteiger partial charge on any atom is 0.188 e. The van der Waals surface area contributed by atoms with E-state index in [1.54, 1.807) is 0 Å². The largest absolute Gasteiger partial charge is 0.370 e. The fraction of sp³-hybridized carbons (Fsp3) is 0.400. The van der Waals surface area contributed by atoms with Gasteiger partial charge in [-0.15, -0.1) is 0 Å². The van der Waals surface area contributed by atoms with E-state index in [1.165, 1.54) is 24.8 Å². The zero-order valence-electron chi connectivity index (χ0n) is 11.3. The Balaban J connectivity index is 1.60. The fourth-order valence-electron chi connectivity index (χ4n) is 2.45. The van der Waals surface area contributed by atoms with Gasteiger partial charge in [0.25, 0.3) is 0 Å². The number of hydrogen-bond acceptors (Lipinski definition) is 1. The number of rotatable bonds is 4. The van der Waals surface area contributed by atoms with Gasteiger partial charge in [-0.3, -0.25) is 4.99 Å². The summed E-state index contributed by atoms with van der Waals surface area (Å²) in [6, 6.07) is 8.53. The molecule has 4 nitrogen and oxygen atoms in total. The number of nitrogens with one attached hydrogen (secondary N) is 1. The van der Waals surface area contributed by atoms with Crippen molar-refractivity contribution in [1.82, 2.24) is 9.88 Å². The molecule has 1 aliphatic carbocycles.